The lowest BCUT2D eigenvalue weighted by atomic mass is 9.80. The number of aromatic amines is 2. The number of carbonyl (C=O) groups is 1. The van der Waals surface area contributed by atoms with Gasteiger partial charge in [0.05, 0.1) is 17.7 Å². The van der Waals surface area contributed by atoms with E-state index in [1.54, 1.807) is 6.33 Å². The maximum absolute atomic E-state index is 13.1. The lowest BCUT2D eigenvalue weighted by molar-refractivity contribution is -0.134. The normalized spacial score (nSPS) is 23.5. The zero-order chi connectivity index (χ0) is 16.1. The van der Waals surface area contributed by atoms with Crippen molar-refractivity contribution in [2.45, 2.75) is 50.6 Å². The minimum Gasteiger partial charge on any atom is -0.348 e. The minimum atomic E-state index is -0.319. The number of H-pyrrole nitrogens is 2. The van der Waals surface area contributed by atoms with Gasteiger partial charge in [-0.25, -0.2) is 4.98 Å². The zero-order valence-electron chi connectivity index (χ0n) is 13.6. The van der Waals surface area contributed by atoms with Crippen LogP contribution in [0, 0.1) is 0 Å². The fraction of sp³-hybridized carbons (Fsp3) is 0.588. The second-order valence-electron chi connectivity index (χ2n) is 7.11. The van der Waals surface area contributed by atoms with Crippen LogP contribution in [0.25, 0.3) is 0 Å². The van der Waals surface area contributed by atoms with Crippen molar-refractivity contribution in [2.75, 3.05) is 13.1 Å². The van der Waals surface area contributed by atoms with Crippen molar-refractivity contribution in [2.24, 2.45) is 0 Å². The highest BCUT2D eigenvalue weighted by Crippen LogP contribution is 2.39. The molecule has 2 aromatic rings. The Labute approximate surface area is 140 Å². The highest BCUT2D eigenvalue weighted by Gasteiger charge is 2.35. The molecule has 7 nitrogen and oxygen atoms in total. The van der Waals surface area contributed by atoms with Gasteiger partial charge >= 0.3 is 0 Å². The topological polar surface area (TPSA) is 89.7 Å². The highest BCUT2D eigenvalue weighted by molar-refractivity contribution is 5.83. The number of nitrogens with zero attached hydrogens (tertiary/aromatic N) is 3. The van der Waals surface area contributed by atoms with E-state index in [2.05, 4.69) is 25.5 Å². The molecule has 1 atom stereocenters. The Morgan fingerprint density at radius 3 is 2.96 bits per heavy atom. The molecule has 4 heterocycles. The molecule has 0 radical (unpaired) electrons. The fourth-order valence-corrected chi connectivity index (χ4v) is 4.13. The van der Waals surface area contributed by atoms with Crippen molar-refractivity contribution in [3.8, 4) is 0 Å². The Morgan fingerprint density at radius 1 is 1.21 bits per heavy atom. The van der Waals surface area contributed by atoms with Crippen LogP contribution in [0.3, 0.4) is 0 Å². The van der Waals surface area contributed by atoms with E-state index in [1.165, 1.54) is 36.2 Å². The van der Waals surface area contributed by atoms with Crippen LogP contribution in [0.2, 0.25) is 0 Å². The van der Waals surface area contributed by atoms with Crippen molar-refractivity contribution in [1.29, 1.82) is 0 Å². The quantitative estimate of drug-likeness (QED) is 0.773. The monoisotopic (exact) mass is 326 g/mol. The Bertz CT molecular complexity index is 774. The van der Waals surface area contributed by atoms with Gasteiger partial charge in [0.15, 0.2) is 0 Å². The van der Waals surface area contributed by atoms with Gasteiger partial charge in [0.25, 0.3) is 0 Å². The Kier molecular flexibility index (Phi) is 3.22. The molecule has 2 aliphatic heterocycles. The maximum atomic E-state index is 13.1. The summed E-state index contributed by atoms with van der Waals surface area (Å²) in [5, 5.41) is 11.1. The van der Waals surface area contributed by atoms with Crippen LogP contribution in [-0.4, -0.2) is 44.1 Å². The molecule has 7 heteroatoms. The summed E-state index contributed by atoms with van der Waals surface area (Å²) in [5.41, 5.74) is 5.63. The van der Waals surface area contributed by atoms with Gasteiger partial charge in [0.2, 0.25) is 5.91 Å². The van der Waals surface area contributed by atoms with Gasteiger partial charge in [-0.1, -0.05) is 6.42 Å². The van der Waals surface area contributed by atoms with E-state index < -0.39 is 0 Å². The van der Waals surface area contributed by atoms with E-state index in [-0.39, 0.29) is 11.9 Å². The van der Waals surface area contributed by atoms with Crippen LogP contribution in [0.15, 0.2) is 6.33 Å². The average molecular weight is 326 g/mol. The van der Waals surface area contributed by atoms with Crippen LogP contribution in [0.5, 0.6) is 0 Å². The SMILES string of the molecule is O=C([C@H]1NCCc2[nH]cnc21)N1CCc2[nH]nc(C3CCC3)c2C1. The van der Waals surface area contributed by atoms with E-state index in [0.29, 0.717) is 12.5 Å². The average Bonchev–Trinajstić information content (AvgIpc) is 3.19. The molecule has 0 aromatic carbocycles. The number of hydrogen-bond acceptors (Lipinski definition) is 4. The summed E-state index contributed by atoms with van der Waals surface area (Å²) in [6, 6.07) is -0.319. The van der Waals surface area contributed by atoms with Gasteiger partial charge in [-0.15, -0.1) is 0 Å². The summed E-state index contributed by atoms with van der Waals surface area (Å²) >= 11 is 0. The van der Waals surface area contributed by atoms with Gasteiger partial charge in [-0.3, -0.25) is 9.89 Å². The van der Waals surface area contributed by atoms with Gasteiger partial charge in [-0.2, -0.15) is 5.10 Å². The lowest BCUT2D eigenvalue weighted by Gasteiger charge is -2.33. The highest BCUT2D eigenvalue weighted by atomic mass is 16.2. The Hall–Kier alpha value is -2.15. The summed E-state index contributed by atoms with van der Waals surface area (Å²) in [7, 11) is 0. The van der Waals surface area contributed by atoms with Crippen LogP contribution >= 0.6 is 0 Å². The van der Waals surface area contributed by atoms with E-state index in [9.17, 15) is 4.79 Å². The molecule has 1 saturated carbocycles. The third-order valence-electron chi connectivity index (χ3n) is 5.76. The van der Waals surface area contributed by atoms with Crippen molar-refractivity contribution in [3.63, 3.8) is 0 Å². The molecule has 3 aliphatic rings. The molecule has 0 bridgehead atoms. The van der Waals surface area contributed by atoms with Gasteiger partial charge < -0.3 is 15.2 Å². The van der Waals surface area contributed by atoms with E-state index >= 15 is 0 Å². The summed E-state index contributed by atoms with van der Waals surface area (Å²) in [6.45, 7) is 2.23. The van der Waals surface area contributed by atoms with E-state index in [0.717, 1.165) is 37.3 Å². The van der Waals surface area contributed by atoms with Gasteiger partial charge in [-0.05, 0) is 12.8 Å². The standard InChI is InChI=1S/C17H22N6O/c24-17(16-15-13(4-6-18-16)19-9-20-15)23-7-5-12-11(8-23)14(22-21-12)10-2-1-3-10/h9-10,16,18H,1-8H2,(H,19,20)(H,21,22)/t16-/m0/s1. The number of nitrogens with one attached hydrogen (secondary N) is 3. The minimum absolute atomic E-state index is 0.134. The first-order valence-electron chi connectivity index (χ1n) is 8.91. The molecule has 5 rings (SSSR count). The summed E-state index contributed by atoms with van der Waals surface area (Å²) in [6.07, 6.45) is 7.20. The van der Waals surface area contributed by atoms with E-state index in [1.807, 2.05) is 4.90 Å². The molecular formula is C17H22N6O. The lowest BCUT2D eigenvalue weighted by Crippen LogP contribution is -2.45. The van der Waals surface area contributed by atoms with Gasteiger partial charge in [0, 0.05) is 55.3 Å². The number of amides is 1. The number of aromatic nitrogens is 4. The number of carbonyl (C=O) groups excluding carboxylic acids is 1. The number of rotatable bonds is 2. The summed E-state index contributed by atoms with van der Waals surface area (Å²) in [5.74, 6) is 0.722. The van der Waals surface area contributed by atoms with Crippen molar-refractivity contribution >= 4 is 5.91 Å². The molecule has 1 fully saturated rings. The van der Waals surface area contributed by atoms with Crippen LogP contribution in [0.4, 0.5) is 0 Å². The first-order chi connectivity index (χ1) is 11.8. The number of hydrogen-bond donors (Lipinski definition) is 3. The third-order valence-corrected chi connectivity index (χ3v) is 5.76. The molecule has 2 aromatic heterocycles. The first-order valence-corrected chi connectivity index (χ1v) is 8.91. The predicted octanol–water partition coefficient (Wildman–Crippen LogP) is 1.17. The first kappa shape index (κ1) is 14.2. The smallest absolute Gasteiger partial charge is 0.246 e. The molecule has 0 saturated heterocycles. The van der Waals surface area contributed by atoms with Gasteiger partial charge in [0.1, 0.15) is 6.04 Å². The summed E-state index contributed by atoms with van der Waals surface area (Å²) in [4.78, 5) is 22.6. The predicted molar refractivity (Wildman–Crippen MR) is 87.3 cm³/mol. The van der Waals surface area contributed by atoms with Crippen LogP contribution in [0.1, 0.15) is 59.6 Å². The van der Waals surface area contributed by atoms with E-state index in [4.69, 9.17) is 0 Å². The molecule has 0 spiro atoms. The fourth-order valence-electron chi connectivity index (χ4n) is 4.13. The van der Waals surface area contributed by atoms with Crippen LogP contribution in [-0.2, 0) is 24.2 Å². The molecule has 24 heavy (non-hydrogen) atoms. The van der Waals surface area contributed by atoms with Crippen LogP contribution < -0.4 is 5.32 Å². The Balaban J connectivity index is 1.39. The summed E-state index contributed by atoms with van der Waals surface area (Å²) < 4.78 is 0. The van der Waals surface area contributed by atoms with Crippen molar-refractivity contribution < 1.29 is 4.79 Å². The zero-order valence-corrected chi connectivity index (χ0v) is 13.6. The molecular weight excluding hydrogens is 304 g/mol. The molecule has 1 aliphatic carbocycles. The maximum Gasteiger partial charge on any atom is 0.246 e. The number of imidazole rings is 1. The Morgan fingerprint density at radius 2 is 2.12 bits per heavy atom. The number of fused-ring (bicyclic) bond motifs is 2. The molecule has 126 valence electrons. The van der Waals surface area contributed by atoms with Crippen molar-refractivity contribution in [1.82, 2.24) is 30.4 Å². The molecule has 0 unspecified atom stereocenters. The van der Waals surface area contributed by atoms with Crippen molar-refractivity contribution in [3.05, 3.63) is 34.7 Å². The third kappa shape index (κ3) is 2.11. The molecule has 1 amide bonds. The largest absolute Gasteiger partial charge is 0.348 e. The molecule has 3 N–H and O–H groups in total. The second kappa shape index (κ2) is 5.44. The second-order valence-corrected chi connectivity index (χ2v) is 7.11.